The fraction of sp³-hybridized carbons (Fsp3) is 0.389. The molecule has 7 heteroatoms. The zero-order valence-corrected chi connectivity index (χ0v) is 14.2. The van der Waals surface area contributed by atoms with Crippen molar-refractivity contribution in [1.82, 2.24) is 5.32 Å². The number of nitrogens with one attached hydrogen (secondary N) is 2. The van der Waals surface area contributed by atoms with Gasteiger partial charge in [-0.25, -0.2) is 4.79 Å². The zero-order valence-electron chi connectivity index (χ0n) is 14.2. The van der Waals surface area contributed by atoms with Crippen molar-refractivity contribution in [2.75, 3.05) is 25.1 Å². The molecule has 0 radical (unpaired) electrons. The van der Waals surface area contributed by atoms with E-state index < -0.39 is 11.9 Å². The zero-order chi connectivity index (χ0) is 18.5. The lowest BCUT2D eigenvalue weighted by molar-refractivity contribution is -0.117. The monoisotopic (exact) mass is 345 g/mol. The summed E-state index contributed by atoms with van der Waals surface area (Å²) in [6.07, 6.45) is 4.08. The number of anilines is 1. The third kappa shape index (κ3) is 7.99. The maximum Gasteiger partial charge on any atom is 0.335 e. The number of benzene rings is 1. The molecule has 25 heavy (non-hydrogen) atoms. The molecule has 1 rings (SSSR count). The molecule has 0 aliphatic heterocycles. The molecule has 3 N–H and O–H groups in total. The minimum atomic E-state index is -1.02. The summed E-state index contributed by atoms with van der Waals surface area (Å²) in [4.78, 5) is 22.7. The summed E-state index contributed by atoms with van der Waals surface area (Å²) in [5.74, 6) is -1.48. The normalized spacial score (nSPS) is 10.8. The van der Waals surface area contributed by atoms with Gasteiger partial charge in [-0.05, 0) is 37.1 Å². The predicted octanol–water partition coefficient (Wildman–Crippen LogP) is 2.53. The number of rotatable bonds is 11. The molecule has 0 saturated heterocycles. The molecular formula is C18H23N3O4. The molecule has 1 aromatic carbocycles. The summed E-state index contributed by atoms with van der Waals surface area (Å²) in [6, 6.07) is 7.81. The van der Waals surface area contributed by atoms with E-state index in [9.17, 15) is 9.59 Å². The highest BCUT2D eigenvalue weighted by Crippen LogP contribution is 2.10. The van der Waals surface area contributed by atoms with Crippen molar-refractivity contribution in [3.63, 3.8) is 0 Å². The van der Waals surface area contributed by atoms with Gasteiger partial charge in [0, 0.05) is 31.6 Å². The van der Waals surface area contributed by atoms with Crippen LogP contribution in [0.4, 0.5) is 5.69 Å². The highest BCUT2D eigenvalue weighted by molar-refractivity contribution is 5.97. The Hall–Kier alpha value is -2.85. The van der Waals surface area contributed by atoms with Crippen molar-refractivity contribution >= 4 is 17.6 Å². The molecule has 0 fully saturated rings. The van der Waals surface area contributed by atoms with Crippen molar-refractivity contribution in [1.29, 1.82) is 5.26 Å². The van der Waals surface area contributed by atoms with Gasteiger partial charge < -0.3 is 20.5 Å². The molecule has 0 aliphatic carbocycles. The lowest BCUT2D eigenvalue weighted by Gasteiger charge is -2.06. The van der Waals surface area contributed by atoms with Gasteiger partial charge in [0.25, 0.3) is 5.91 Å². The number of amides is 1. The van der Waals surface area contributed by atoms with Crippen LogP contribution in [0, 0.1) is 11.3 Å². The molecule has 1 aromatic rings. The third-order valence-electron chi connectivity index (χ3n) is 3.27. The van der Waals surface area contributed by atoms with Gasteiger partial charge >= 0.3 is 5.97 Å². The Morgan fingerprint density at radius 2 is 1.92 bits per heavy atom. The number of nitrogens with zero attached hydrogens (tertiary/aromatic N) is 1. The lowest BCUT2D eigenvalue weighted by Crippen LogP contribution is -2.26. The van der Waals surface area contributed by atoms with E-state index in [1.165, 1.54) is 18.3 Å². The molecule has 0 atom stereocenters. The molecule has 1 amide bonds. The van der Waals surface area contributed by atoms with Crippen LogP contribution in [0.1, 0.15) is 36.5 Å². The molecular weight excluding hydrogens is 322 g/mol. The molecule has 0 bridgehead atoms. The van der Waals surface area contributed by atoms with Crippen LogP contribution < -0.4 is 10.6 Å². The SMILES string of the molecule is CCCCOCCCNC(=O)/C(C#N)=C\Nc1ccc(C(=O)O)cc1. The molecule has 134 valence electrons. The van der Waals surface area contributed by atoms with Gasteiger partial charge in [-0.1, -0.05) is 13.3 Å². The maximum atomic E-state index is 11.9. The Morgan fingerprint density at radius 1 is 1.24 bits per heavy atom. The second kappa shape index (κ2) is 11.6. The summed E-state index contributed by atoms with van der Waals surface area (Å²) in [6.45, 7) is 3.81. The van der Waals surface area contributed by atoms with Crippen LogP contribution in [-0.2, 0) is 9.53 Å². The van der Waals surface area contributed by atoms with E-state index in [4.69, 9.17) is 15.1 Å². The number of unbranched alkanes of at least 4 members (excludes halogenated alkanes) is 1. The number of nitriles is 1. The van der Waals surface area contributed by atoms with E-state index in [-0.39, 0.29) is 11.1 Å². The van der Waals surface area contributed by atoms with E-state index in [1.807, 2.05) is 6.07 Å². The first kappa shape index (κ1) is 20.2. The predicted molar refractivity (Wildman–Crippen MR) is 94.1 cm³/mol. The van der Waals surface area contributed by atoms with E-state index in [2.05, 4.69) is 17.6 Å². The van der Waals surface area contributed by atoms with Gasteiger partial charge in [-0.2, -0.15) is 5.26 Å². The summed E-state index contributed by atoms with van der Waals surface area (Å²) in [5, 5.41) is 23.4. The van der Waals surface area contributed by atoms with Gasteiger partial charge in [0.2, 0.25) is 0 Å². The third-order valence-corrected chi connectivity index (χ3v) is 3.27. The van der Waals surface area contributed by atoms with Crippen molar-refractivity contribution in [2.45, 2.75) is 26.2 Å². The standard InChI is InChI=1S/C18H23N3O4/c1-2-3-10-25-11-4-9-20-17(22)15(12-19)13-21-16-7-5-14(6-8-16)18(23)24/h5-8,13,21H,2-4,9-11H2,1H3,(H,20,22)(H,23,24)/b15-13-. The minimum Gasteiger partial charge on any atom is -0.478 e. The quantitative estimate of drug-likeness (QED) is 0.323. The average Bonchev–Trinajstić information content (AvgIpc) is 2.61. The van der Waals surface area contributed by atoms with Gasteiger partial charge in [0.1, 0.15) is 11.6 Å². The average molecular weight is 345 g/mol. The van der Waals surface area contributed by atoms with Gasteiger partial charge in [0.15, 0.2) is 0 Å². The smallest absolute Gasteiger partial charge is 0.335 e. The topological polar surface area (TPSA) is 111 Å². The summed E-state index contributed by atoms with van der Waals surface area (Å²) in [7, 11) is 0. The van der Waals surface area contributed by atoms with E-state index in [0.29, 0.717) is 25.3 Å². The highest BCUT2D eigenvalue weighted by Gasteiger charge is 2.08. The van der Waals surface area contributed by atoms with Crippen LogP contribution in [0.3, 0.4) is 0 Å². The molecule has 0 heterocycles. The van der Waals surface area contributed by atoms with Gasteiger partial charge in [-0.15, -0.1) is 0 Å². The molecule has 0 unspecified atom stereocenters. The summed E-state index contributed by atoms with van der Waals surface area (Å²) in [5.41, 5.74) is 0.679. The van der Waals surface area contributed by atoms with Crippen molar-refractivity contribution in [3.05, 3.63) is 41.6 Å². The Bertz CT molecular complexity index is 633. The second-order valence-corrected chi connectivity index (χ2v) is 5.27. The Balaban J connectivity index is 2.40. The first-order valence-electron chi connectivity index (χ1n) is 8.14. The van der Waals surface area contributed by atoms with Gasteiger partial charge in [-0.3, -0.25) is 4.79 Å². The number of carbonyl (C=O) groups excluding carboxylic acids is 1. The first-order chi connectivity index (χ1) is 12.1. The molecule has 0 aliphatic rings. The van der Waals surface area contributed by atoms with E-state index in [0.717, 1.165) is 19.4 Å². The lowest BCUT2D eigenvalue weighted by atomic mass is 10.2. The number of carboxylic acids is 1. The second-order valence-electron chi connectivity index (χ2n) is 5.27. The van der Waals surface area contributed by atoms with Crippen molar-refractivity contribution in [2.24, 2.45) is 0 Å². The van der Waals surface area contributed by atoms with Gasteiger partial charge in [0.05, 0.1) is 5.56 Å². The summed E-state index contributed by atoms with van der Waals surface area (Å²) < 4.78 is 5.39. The Kier molecular flexibility index (Phi) is 9.41. The number of carboxylic acid groups (broad SMARTS) is 1. The fourth-order valence-electron chi connectivity index (χ4n) is 1.83. The number of aromatic carboxylic acids is 1. The fourth-order valence-corrected chi connectivity index (χ4v) is 1.83. The van der Waals surface area contributed by atoms with Crippen molar-refractivity contribution in [3.8, 4) is 6.07 Å². The molecule has 0 spiro atoms. The highest BCUT2D eigenvalue weighted by atomic mass is 16.5. The van der Waals surface area contributed by atoms with Crippen molar-refractivity contribution < 1.29 is 19.4 Å². The van der Waals surface area contributed by atoms with Crippen LogP contribution >= 0.6 is 0 Å². The van der Waals surface area contributed by atoms with Crippen LogP contribution in [-0.4, -0.2) is 36.7 Å². The van der Waals surface area contributed by atoms with Crippen LogP contribution in [0.15, 0.2) is 36.0 Å². The van der Waals surface area contributed by atoms with E-state index in [1.54, 1.807) is 12.1 Å². The number of carbonyl (C=O) groups is 2. The van der Waals surface area contributed by atoms with Crippen LogP contribution in [0.2, 0.25) is 0 Å². The maximum absolute atomic E-state index is 11.9. The van der Waals surface area contributed by atoms with Crippen LogP contribution in [0.25, 0.3) is 0 Å². The largest absolute Gasteiger partial charge is 0.478 e. The number of hydrogen-bond donors (Lipinski definition) is 3. The summed E-state index contributed by atoms with van der Waals surface area (Å²) >= 11 is 0. The number of ether oxygens (including phenoxy) is 1. The first-order valence-corrected chi connectivity index (χ1v) is 8.14. The van der Waals surface area contributed by atoms with E-state index >= 15 is 0 Å². The molecule has 0 saturated carbocycles. The minimum absolute atomic E-state index is 0.0609. The number of hydrogen-bond acceptors (Lipinski definition) is 5. The Morgan fingerprint density at radius 3 is 2.52 bits per heavy atom. The Labute approximate surface area is 147 Å². The van der Waals surface area contributed by atoms with Crippen LogP contribution in [0.5, 0.6) is 0 Å². The molecule has 7 nitrogen and oxygen atoms in total. The molecule has 0 aromatic heterocycles.